The molecule has 0 bridgehead atoms. The van der Waals surface area contributed by atoms with Crippen LogP contribution in [0.25, 0.3) is 15.2 Å². The number of methoxy groups -OCH3 is 1. The highest BCUT2D eigenvalue weighted by atomic mass is 32.1. The third-order valence-electron chi connectivity index (χ3n) is 8.17. The topological polar surface area (TPSA) is 128 Å². The van der Waals surface area contributed by atoms with Crippen LogP contribution in [0.3, 0.4) is 0 Å². The van der Waals surface area contributed by atoms with E-state index in [2.05, 4.69) is 10.4 Å². The SMILES string of the molecule is COCCOc1ccc(F)cc1[C@H](Cn1c(=O)n(C(C)(C)C(=O)NC(C)C)c(=O)c2c(C)c(-n3cccn3)sc21)OC1CCOCC1. The minimum absolute atomic E-state index is 0.0998. The molecule has 0 aliphatic carbocycles. The van der Waals surface area contributed by atoms with Crippen LogP contribution in [0.15, 0.2) is 46.2 Å². The molecule has 3 aromatic heterocycles. The summed E-state index contributed by atoms with van der Waals surface area (Å²) in [7, 11) is 1.56. The van der Waals surface area contributed by atoms with E-state index in [0.717, 1.165) is 4.57 Å². The van der Waals surface area contributed by atoms with Crippen molar-refractivity contribution in [1.29, 1.82) is 0 Å². The minimum atomic E-state index is -1.56. The van der Waals surface area contributed by atoms with E-state index in [1.807, 2.05) is 0 Å². The molecule has 4 heterocycles. The summed E-state index contributed by atoms with van der Waals surface area (Å²) in [5.41, 5.74) is -1.83. The fraction of sp³-hybridized carbons (Fsp3) is 0.515. The maximum Gasteiger partial charge on any atom is 0.333 e. The number of nitrogens with one attached hydrogen (secondary N) is 1. The van der Waals surface area contributed by atoms with E-state index in [1.54, 1.807) is 64.9 Å². The van der Waals surface area contributed by atoms with Gasteiger partial charge in [-0.3, -0.25) is 14.2 Å². The van der Waals surface area contributed by atoms with Crippen molar-refractivity contribution in [3.05, 3.63) is 74.4 Å². The predicted octanol–water partition coefficient (Wildman–Crippen LogP) is 4.08. The molecule has 1 saturated heterocycles. The fourth-order valence-corrected chi connectivity index (χ4v) is 6.94. The van der Waals surface area contributed by atoms with Crippen molar-refractivity contribution in [3.63, 3.8) is 0 Å². The summed E-state index contributed by atoms with van der Waals surface area (Å²) in [6, 6.07) is 5.72. The van der Waals surface area contributed by atoms with Gasteiger partial charge in [-0.2, -0.15) is 5.10 Å². The zero-order chi connectivity index (χ0) is 33.9. The van der Waals surface area contributed by atoms with Crippen LogP contribution in [-0.2, 0) is 31.1 Å². The van der Waals surface area contributed by atoms with Crippen LogP contribution in [0.5, 0.6) is 5.75 Å². The largest absolute Gasteiger partial charge is 0.491 e. The molecular formula is C33H42FN5O7S. The molecule has 0 unspecified atom stereocenters. The molecule has 47 heavy (non-hydrogen) atoms. The first-order valence-electron chi connectivity index (χ1n) is 15.7. The number of rotatable bonds is 13. The highest BCUT2D eigenvalue weighted by Gasteiger charge is 2.36. The maximum absolute atomic E-state index is 14.9. The first kappa shape index (κ1) is 34.5. The monoisotopic (exact) mass is 671 g/mol. The molecule has 0 radical (unpaired) electrons. The smallest absolute Gasteiger partial charge is 0.333 e. The van der Waals surface area contributed by atoms with Crippen LogP contribution in [0.1, 0.15) is 57.8 Å². The van der Waals surface area contributed by atoms with Gasteiger partial charge >= 0.3 is 5.69 Å². The lowest BCUT2D eigenvalue weighted by atomic mass is 10.0. The van der Waals surface area contributed by atoms with E-state index >= 15 is 0 Å². The van der Waals surface area contributed by atoms with Gasteiger partial charge < -0.3 is 24.3 Å². The molecule has 1 aromatic carbocycles. The quantitative estimate of drug-likeness (QED) is 0.211. The second-order valence-electron chi connectivity index (χ2n) is 12.3. The van der Waals surface area contributed by atoms with Gasteiger partial charge in [-0.05, 0) is 71.7 Å². The molecule has 254 valence electrons. The van der Waals surface area contributed by atoms with Crippen LogP contribution < -0.4 is 21.3 Å². The number of hydrogen-bond donors (Lipinski definition) is 1. The number of ether oxygens (including phenoxy) is 4. The van der Waals surface area contributed by atoms with Gasteiger partial charge in [0.2, 0.25) is 5.91 Å². The number of carbonyl (C=O) groups excluding carboxylic acids is 1. The van der Waals surface area contributed by atoms with E-state index in [0.29, 0.717) is 59.4 Å². The van der Waals surface area contributed by atoms with Crippen LogP contribution in [0, 0.1) is 12.7 Å². The second-order valence-corrected chi connectivity index (χ2v) is 13.3. The Hall–Kier alpha value is -3.85. The van der Waals surface area contributed by atoms with Crippen molar-refractivity contribution in [1.82, 2.24) is 24.2 Å². The van der Waals surface area contributed by atoms with E-state index in [9.17, 15) is 18.8 Å². The minimum Gasteiger partial charge on any atom is -0.491 e. The molecule has 0 spiro atoms. The highest BCUT2D eigenvalue weighted by molar-refractivity contribution is 7.21. The lowest BCUT2D eigenvalue weighted by Crippen LogP contribution is -2.56. The summed E-state index contributed by atoms with van der Waals surface area (Å²) in [6.07, 6.45) is 3.49. The van der Waals surface area contributed by atoms with Crippen LogP contribution in [0.2, 0.25) is 0 Å². The molecule has 1 aliphatic heterocycles. The third kappa shape index (κ3) is 7.20. The molecule has 12 nitrogen and oxygen atoms in total. The van der Waals surface area contributed by atoms with Crippen molar-refractivity contribution >= 4 is 27.5 Å². The number of fused-ring (bicyclic) bond motifs is 1. The van der Waals surface area contributed by atoms with E-state index in [1.165, 1.54) is 34.1 Å². The lowest BCUT2D eigenvalue weighted by Gasteiger charge is -2.31. The summed E-state index contributed by atoms with van der Waals surface area (Å²) in [4.78, 5) is 42.8. The molecule has 5 rings (SSSR count). The van der Waals surface area contributed by atoms with Gasteiger partial charge in [-0.1, -0.05) is 11.3 Å². The zero-order valence-electron chi connectivity index (χ0n) is 27.6. The Kier molecular flexibility index (Phi) is 10.6. The van der Waals surface area contributed by atoms with Gasteiger partial charge in [0, 0.05) is 49.9 Å². The van der Waals surface area contributed by atoms with Crippen molar-refractivity contribution < 1.29 is 28.1 Å². The lowest BCUT2D eigenvalue weighted by molar-refractivity contribution is -0.129. The molecule has 1 N–H and O–H groups in total. The summed E-state index contributed by atoms with van der Waals surface area (Å²) >= 11 is 1.23. The molecule has 1 amide bonds. The van der Waals surface area contributed by atoms with Crippen molar-refractivity contribution in [2.75, 3.05) is 33.5 Å². The van der Waals surface area contributed by atoms with Gasteiger partial charge in [-0.15, -0.1) is 0 Å². The molecule has 4 aromatic rings. The van der Waals surface area contributed by atoms with Crippen LogP contribution in [0.4, 0.5) is 4.39 Å². The van der Waals surface area contributed by atoms with Gasteiger partial charge in [0.15, 0.2) is 0 Å². The fourth-order valence-electron chi connectivity index (χ4n) is 5.70. The summed E-state index contributed by atoms with van der Waals surface area (Å²) in [5, 5.41) is 8.13. The molecule has 0 saturated carbocycles. The van der Waals surface area contributed by atoms with Gasteiger partial charge in [0.1, 0.15) is 39.6 Å². The molecular weight excluding hydrogens is 629 g/mol. The Balaban J connectivity index is 1.74. The average molecular weight is 672 g/mol. The van der Waals surface area contributed by atoms with E-state index in [4.69, 9.17) is 18.9 Å². The number of halogens is 1. The number of thiophene rings is 1. The van der Waals surface area contributed by atoms with Crippen LogP contribution >= 0.6 is 11.3 Å². The Morgan fingerprint density at radius 2 is 1.96 bits per heavy atom. The highest BCUT2D eigenvalue weighted by Crippen LogP contribution is 2.36. The standard InChI is InChI=1S/C33H42FN5O7S/c1-20(2)36-31(41)33(4,5)39-28(40)27-21(3)29(38-13-7-12-35-38)47-30(27)37(32(39)42)19-26(46-23-10-14-44-15-11-23)24-18-22(34)8-9-25(24)45-17-16-43-6/h7-9,12-13,18,20,23,26H,10-11,14-17,19H2,1-6H3,(H,36,41)/t26-/m0/s1. The van der Waals surface area contributed by atoms with Crippen LogP contribution in [-0.4, -0.2) is 70.5 Å². The van der Waals surface area contributed by atoms with E-state index in [-0.39, 0.29) is 30.7 Å². The molecule has 14 heteroatoms. The summed E-state index contributed by atoms with van der Waals surface area (Å²) in [5.74, 6) is -0.595. The first-order valence-corrected chi connectivity index (χ1v) is 16.5. The Morgan fingerprint density at radius 1 is 1.21 bits per heavy atom. The Bertz CT molecular complexity index is 1820. The summed E-state index contributed by atoms with van der Waals surface area (Å²) < 4.78 is 42.3. The van der Waals surface area contributed by atoms with Crippen molar-refractivity contribution in [3.8, 4) is 10.8 Å². The Labute approximate surface area is 276 Å². The number of hydrogen-bond acceptors (Lipinski definition) is 9. The number of carbonyl (C=O) groups is 1. The second kappa shape index (κ2) is 14.5. The number of amides is 1. The number of aromatic nitrogens is 4. The number of benzene rings is 1. The predicted molar refractivity (Wildman–Crippen MR) is 176 cm³/mol. The number of nitrogens with zero attached hydrogens (tertiary/aromatic N) is 4. The molecule has 1 aliphatic rings. The first-order chi connectivity index (χ1) is 22.4. The Morgan fingerprint density at radius 3 is 2.62 bits per heavy atom. The molecule has 1 fully saturated rings. The normalized spacial score (nSPS) is 15.0. The van der Waals surface area contributed by atoms with Crippen molar-refractivity contribution in [2.24, 2.45) is 0 Å². The maximum atomic E-state index is 14.9. The summed E-state index contributed by atoms with van der Waals surface area (Å²) in [6.45, 7) is 9.93. The average Bonchev–Trinajstić information content (AvgIpc) is 3.68. The van der Waals surface area contributed by atoms with Gasteiger partial charge in [0.25, 0.3) is 5.56 Å². The van der Waals surface area contributed by atoms with Gasteiger partial charge in [0.05, 0.1) is 24.6 Å². The van der Waals surface area contributed by atoms with E-state index < -0.39 is 34.6 Å². The van der Waals surface area contributed by atoms with Crippen molar-refractivity contribution in [2.45, 2.75) is 77.8 Å². The zero-order valence-corrected chi connectivity index (χ0v) is 28.4. The third-order valence-corrected chi connectivity index (χ3v) is 9.48. The number of aryl methyl sites for hydroxylation is 1. The van der Waals surface area contributed by atoms with Gasteiger partial charge in [-0.25, -0.2) is 18.4 Å². The molecule has 1 atom stereocenters.